The Balaban J connectivity index is 3.99. The molecule has 0 fully saturated rings. The van der Waals surface area contributed by atoms with E-state index in [1.54, 1.807) is 0 Å². The van der Waals surface area contributed by atoms with Crippen molar-refractivity contribution in [1.82, 2.24) is 0 Å². The van der Waals surface area contributed by atoms with Crippen LogP contribution < -0.4 is 0 Å². The lowest BCUT2D eigenvalue weighted by Gasteiger charge is -2.16. The summed E-state index contributed by atoms with van der Waals surface area (Å²) >= 11 is 0. The molecule has 0 aromatic heterocycles. The van der Waals surface area contributed by atoms with Gasteiger partial charge in [-0.05, 0) is 19.8 Å². The molecule has 0 heterocycles. The van der Waals surface area contributed by atoms with Gasteiger partial charge < -0.3 is 9.47 Å². The first-order valence-corrected chi connectivity index (χ1v) is 6.26. The maximum Gasteiger partial charge on any atom is 0.305 e. The molecular weight excluding hydrogens is 254 g/mol. The monoisotopic (exact) mass is 275 g/mol. The van der Waals surface area contributed by atoms with E-state index < -0.39 is 23.0 Å². The molecule has 0 amide bonds. The molecule has 7 heteroatoms. The van der Waals surface area contributed by atoms with Gasteiger partial charge in [-0.3, -0.25) is 19.7 Å². The van der Waals surface area contributed by atoms with Crippen molar-refractivity contribution in [3.05, 3.63) is 10.1 Å². The van der Waals surface area contributed by atoms with E-state index in [9.17, 15) is 19.7 Å². The zero-order valence-electron chi connectivity index (χ0n) is 11.6. The van der Waals surface area contributed by atoms with Crippen LogP contribution in [0.15, 0.2) is 0 Å². The van der Waals surface area contributed by atoms with Crippen LogP contribution in [0.5, 0.6) is 0 Å². The van der Waals surface area contributed by atoms with Crippen molar-refractivity contribution in [3.8, 4) is 0 Å². The number of esters is 2. The summed E-state index contributed by atoms with van der Waals surface area (Å²) in [6, 6.07) is -0.901. The standard InChI is InChI=1S/C12H21NO6/c1-9(19-10(2)14)11(13(16)17)7-5-4-6-8-12(15)18-3/h9,11H,4-8H2,1-3H3. The number of ether oxygens (including phenoxy) is 2. The van der Waals surface area contributed by atoms with Crippen molar-refractivity contribution in [3.63, 3.8) is 0 Å². The largest absolute Gasteiger partial charge is 0.469 e. The molecule has 0 aliphatic heterocycles. The highest BCUT2D eigenvalue weighted by molar-refractivity contribution is 5.68. The van der Waals surface area contributed by atoms with Crippen LogP contribution in [0.3, 0.4) is 0 Å². The molecule has 0 saturated carbocycles. The molecular formula is C12H21NO6. The minimum absolute atomic E-state index is 0.279. The number of methoxy groups -OCH3 is 1. The molecule has 0 radical (unpaired) electrons. The van der Waals surface area contributed by atoms with E-state index in [0.717, 1.165) is 0 Å². The molecule has 0 N–H and O–H groups in total. The lowest BCUT2D eigenvalue weighted by molar-refractivity contribution is -0.534. The summed E-state index contributed by atoms with van der Waals surface area (Å²) in [6.07, 6.45) is 1.84. The Kier molecular flexibility index (Phi) is 8.48. The fourth-order valence-electron chi connectivity index (χ4n) is 1.75. The van der Waals surface area contributed by atoms with Crippen LogP contribution in [-0.4, -0.2) is 36.1 Å². The second-order valence-electron chi connectivity index (χ2n) is 4.34. The van der Waals surface area contributed by atoms with Crippen molar-refractivity contribution in [2.75, 3.05) is 7.11 Å². The van der Waals surface area contributed by atoms with E-state index >= 15 is 0 Å². The molecule has 19 heavy (non-hydrogen) atoms. The van der Waals surface area contributed by atoms with E-state index in [4.69, 9.17) is 4.74 Å². The topological polar surface area (TPSA) is 95.7 Å². The minimum atomic E-state index is -0.901. The number of carbonyl (C=O) groups is 2. The third kappa shape index (κ3) is 8.12. The van der Waals surface area contributed by atoms with Gasteiger partial charge in [-0.1, -0.05) is 6.42 Å². The Morgan fingerprint density at radius 1 is 1.26 bits per heavy atom. The Hall–Kier alpha value is -1.66. The van der Waals surface area contributed by atoms with Gasteiger partial charge in [0.05, 0.1) is 7.11 Å². The summed E-state index contributed by atoms with van der Waals surface area (Å²) < 4.78 is 9.33. The summed E-state index contributed by atoms with van der Waals surface area (Å²) in [5.41, 5.74) is 0. The van der Waals surface area contributed by atoms with Gasteiger partial charge in [0.15, 0.2) is 6.10 Å². The van der Waals surface area contributed by atoms with E-state index in [1.165, 1.54) is 21.0 Å². The predicted molar refractivity (Wildman–Crippen MR) is 67.1 cm³/mol. The van der Waals surface area contributed by atoms with Gasteiger partial charge in [0.25, 0.3) is 0 Å². The van der Waals surface area contributed by atoms with Gasteiger partial charge >= 0.3 is 11.9 Å². The van der Waals surface area contributed by atoms with Crippen LogP contribution in [0.4, 0.5) is 0 Å². The highest BCUT2D eigenvalue weighted by atomic mass is 16.6. The van der Waals surface area contributed by atoms with Crippen molar-refractivity contribution in [1.29, 1.82) is 0 Å². The van der Waals surface area contributed by atoms with Crippen molar-refractivity contribution in [2.24, 2.45) is 0 Å². The molecule has 0 aliphatic rings. The molecule has 7 nitrogen and oxygen atoms in total. The normalized spacial score (nSPS) is 13.4. The highest BCUT2D eigenvalue weighted by Gasteiger charge is 2.29. The summed E-state index contributed by atoms with van der Waals surface area (Å²) in [7, 11) is 1.33. The molecule has 110 valence electrons. The quantitative estimate of drug-likeness (QED) is 0.275. The van der Waals surface area contributed by atoms with Gasteiger partial charge in [0.1, 0.15) is 0 Å². The Labute approximate surface area is 112 Å². The lowest BCUT2D eigenvalue weighted by atomic mass is 10.0. The molecule has 2 atom stereocenters. The fourth-order valence-corrected chi connectivity index (χ4v) is 1.75. The number of nitro groups is 1. The number of unbranched alkanes of at least 4 members (excludes halogenated alkanes) is 2. The van der Waals surface area contributed by atoms with Crippen LogP contribution in [0, 0.1) is 10.1 Å². The summed E-state index contributed by atoms with van der Waals surface area (Å²) in [6.45, 7) is 2.74. The maximum atomic E-state index is 10.9. The fraction of sp³-hybridized carbons (Fsp3) is 0.833. The van der Waals surface area contributed by atoms with Gasteiger partial charge in [-0.25, -0.2) is 0 Å². The highest BCUT2D eigenvalue weighted by Crippen LogP contribution is 2.13. The van der Waals surface area contributed by atoms with Crippen molar-refractivity contribution < 1.29 is 24.0 Å². The molecule has 0 aromatic carbocycles. The number of carbonyl (C=O) groups excluding carboxylic acids is 2. The number of hydrogen-bond donors (Lipinski definition) is 0. The van der Waals surface area contributed by atoms with Crippen LogP contribution in [-0.2, 0) is 19.1 Å². The Morgan fingerprint density at radius 3 is 2.37 bits per heavy atom. The maximum absolute atomic E-state index is 10.9. The van der Waals surface area contributed by atoms with Gasteiger partial charge in [0, 0.05) is 24.7 Å². The SMILES string of the molecule is COC(=O)CCCCCC(C(C)OC(C)=O)[N+](=O)[O-]. The number of nitrogens with zero attached hydrogens (tertiary/aromatic N) is 1. The second kappa shape index (κ2) is 9.29. The molecule has 2 unspecified atom stereocenters. The zero-order valence-corrected chi connectivity index (χ0v) is 11.6. The van der Waals surface area contributed by atoms with E-state index in [-0.39, 0.29) is 5.97 Å². The van der Waals surface area contributed by atoms with Crippen LogP contribution in [0.25, 0.3) is 0 Å². The summed E-state index contributed by atoms with van der Waals surface area (Å²) in [5.74, 6) is -0.802. The first-order chi connectivity index (χ1) is 8.88. The van der Waals surface area contributed by atoms with Crippen LogP contribution in [0.2, 0.25) is 0 Å². The zero-order chi connectivity index (χ0) is 14.8. The summed E-state index contributed by atoms with van der Waals surface area (Å²) in [5, 5.41) is 10.9. The molecule has 0 saturated heterocycles. The van der Waals surface area contributed by atoms with Gasteiger partial charge in [-0.15, -0.1) is 0 Å². The first-order valence-electron chi connectivity index (χ1n) is 6.26. The molecule has 0 aromatic rings. The second-order valence-corrected chi connectivity index (χ2v) is 4.34. The summed E-state index contributed by atoms with van der Waals surface area (Å²) in [4.78, 5) is 32.1. The number of hydrogen-bond acceptors (Lipinski definition) is 6. The van der Waals surface area contributed by atoms with E-state index in [2.05, 4.69) is 4.74 Å². The van der Waals surface area contributed by atoms with E-state index in [1.807, 2.05) is 0 Å². The average Bonchev–Trinajstić information content (AvgIpc) is 2.31. The minimum Gasteiger partial charge on any atom is -0.469 e. The third-order valence-electron chi connectivity index (χ3n) is 2.77. The van der Waals surface area contributed by atoms with Crippen molar-refractivity contribution >= 4 is 11.9 Å². The molecule has 0 rings (SSSR count). The van der Waals surface area contributed by atoms with Gasteiger partial charge in [-0.2, -0.15) is 0 Å². The van der Waals surface area contributed by atoms with Crippen molar-refractivity contribution in [2.45, 2.75) is 58.1 Å². The first kappa shape index (κ1) is 17.3. The Morgan fingerprint density at radius 2 is 1.89 bits per heavy atom. The molecule has 0 bridgehead atoms. The lowest BCUT2D eigenvalue weighted by Crippen LogP contribution is -2.34. The van der Waals surface area contributed by atoms with E-state index in [0.29, 0.717) is 32.1 Å². The third-order valence-corrected chi connectivity index (χ3v) is 2.77. The van der Waals surface area contributed by atoms with Gasteiger partial charge in [0.2, 0.25) is 6.04 Å². The van der Waals surface area contributed by atoms with Crippen LogP contribution in [0.1, 0.15) is 46.0 Å². The number of rotatable bonds is 9. The molecule has 0 aliphatic carbocycles. The molecule has 0 spiro atoms. The Bertz CT molecular complexity index is 317. The van der Waals surface area contributed by atoms with Crippen LogP contribution >= 0.6 is 0 Å². The average molecular weight is 275 g/mol. The predicted octanol–water partition coefficient (Wildman–Crippen LogP) is 1.71. The smallest absolute Gasteiger partial charge is 0.305 e.